The van der Waals surface area contributed by atoms with Crippen LogP contribution in [0.3, 0.4) is 0 Å². The standard InChI is InChI=1S/C21H20N4O5S/c1-9-15-19(31-17(9)18(22)27)23-8-25(21(15)29)10(2)16(26)12-5-6-14-13(7-12)24(4)20(28)11(3)30-14/h5-8,10-11H,1-4H3,(H2,22,27). The quantitative estimate of drug-likeness (QED) is 0.619. The van der Waals surface area contributed by atoms with Crippen LogP contribution < -0.4 is 20.9 Å². The third-order valence-corrected chi connectivity index (χ3v) is 6.70. The second-order valence-corrected chi connectivity index (χ2v) is 8.44. The fraction of sp³-hybridized carbons (Fsp3) is 0.286. The number of hydrogen-bond donors (Lipinski definition) is 1. The van der Waals surface area contributed by atoms with Crippen LogP contribution in [0, 0.1) is 6.92 Å². The lowest BCUT2D eigenvalue weighted by Gasteiger charge is -2.30. The molecule has 2 unspecified atom stereocenters. The molecule has 0 fully saturated rings. The highest BCUT2D eigenvalue weighted by Crippen LogP contribution is 2.35. The van der Waals surface area contributed by atoms with Crippen LogP contribution in [0.2, 0.25) is 0 Å². The summed E-state index contributed by atoms with van der Waals surface area (Å²) in [6.07, 6.45) is 0.695. The molecule has 2 atom stereocenters. The highest BCUT2D eigenvalue weighted by Gasteiger charge is 2.30. The molecule has 0 saturated carbocycles. The number of amides is 2. The van der Waals surface area contributed by atoms with Crippen LogP contribution in [-0.4, -0.2) is 40.3 Å². The molecule has 0 spiro atoms. The largest absolute Gasteiger partial charge is 0.479 e. The first kappa shape index (κ1) is 20.7. The number of thiophene rings is 1. The van der Waals surface area contributed by atoms with Crippen molar-refractivity contribution >= 4 is 44.8 Å². The van der Waals surface area contributed by atoms with Crippen molar-refractivity contribution in [2.45, 2.75) is 32.9 Å². The van der Waals surface area contributed by atoms with E-state index in [4.69, 9.17) is 10.5 Å². The van der Waals surface area contributed by atoms with Crippen molar-refractivity contribution < 1.29 is 19.1 Å². The van der Waals surface area contributed by atoms with Crippen LogP contribution in [0.4, 0.5) is 5.69 Å². The van der Waals surface area contributed by atoms with Gasteiger partial charge in [-0.1, -0.05) is 0 Å². The van der Waals surface area contributed by atoms with E-state index >= 15 is 0 Å². The van der Waals surface area contributed by atoms with Gasteiger partial charge in [-0.3, -0.25) is 23.7 Å². The summed E-state index contributed by atoms with van der Waals surface area (Å²) < 4.78 is 6.83. The van der Waals surface area contributed by atoms with E-state index < -0.39 is 23.6 Å². The SMILES string of the molecule is Cc1c(C(N)=O)sc2ncn(C(C)C(=O)c3ccc4c(c3)N(C)C(=O)C(C)O4)c(=O)c12. The summed E-state index contributed by atoms with van der Waals surface area (Å²) in [6, 6.07) is 3.96. The number of nitrogens with zero attached hydrogens (tertiary/aromatic N) is 3. The Morgan fingerprint density at radius 2 is 2.00 bits per heavy atom. The topological polar surface area (TPSA) is 125 Å². The van der Waals surface area contributed by atoms with Gasteiger partial charge in [-0.05, 0) is 44.5 Å². The number of primary amides is 1. The first-order valence-corrected chi connectivity index (χ1v) is 10.4. The zero-order chi connectivity index (χ0) is 22.6. The van der Waals surface area contributed by atoms with Crippen molar-refractivity contribution in [3.63, 3.8) is 0 Å². The van der Waals surface area contributed by atoms with Gasteiger partial charge in [0.25, 0.3) is 17.4 Å². The van der Waals surface area contributed by atoms with E-state index in [1.807, 2.05) is 0 Å². The Morgan fingerprint density at radius 3 is 2.68 bits per heavy atom. The highest BCUT2D eigenvalue weighted by atomic mass is 32.1. The molecule has 4 rings (SSSR count). The Balaban J connectivity index is 1.74. The Bertz CT molecular complexity index is 1330. The molecule has 2 amide bonds. The molecule has 10 heteroatoms. The number of carbonyl (C=O) groups excluding carboxylic acids is 3. The first-order valence-electron chi connectivity index (χ1n) is 9.54. The lowest BCUT2D eigenvalue weighted by atomic mass is 10.0. The van der Waals surface area contributed by atoms with Crippen LogP contribution in [0.1, 0.15) is 45.5 Å². The number of benzene rings is 1. The number of likely N-dealkylation sites (N-methyl/N-ethyl adjacent to an activating group) is 1. The molecule has 31 heavy (non-hydrogen) atoms. The lowest BCUT2D eigenvalue weighted by Crippen LogP contribution is -2.42. The van der Waals surface area contributed by atoms with Crippen molar-refractivity contribution in [3.8, 4) is 5.75 Å². The molecule has 9 nitrogen and oxygen atoms in total. The number of aromatic nitrogens is 2. The number of rotatable bonds is 4. The van der Waals surface area contributed by atoms with Gasteiger partial charge in [-0.25, -0.2) is 4.98 Å². The third kappa shape index (κ3) is 3.19. The zero-order valence-corrected chi connectivity index (χ0v) is 18.1. The van der Waals surface area contributed by atoms with Gasteiger partial charge < -0.3 is 15.4 Å². The van der Waals surface area contributed by atoms with Crippen molar-refractivity contribution in [1.82, 2.24) is 9.55 Å². The molecule has 160 valence electrons. The molecule has 2 aromatic heterocycles. The fourth-order valence-electron chi connectivity index (χ4n) is 3.68. The van der Waals surface area contributed by atoms with Gasteiger partial charge in [-0.2, -0.15) is 0 Å². The monoisotopic (exact) mass is 440 g/mol. The van der Waals surface area contributed by atoms with E-state index in [1.165, 1.54) is 15.8 Å². The molecule has 0 aliphatic carbocycles. The molecule has 1 aliphatic heterocycles. The predicted octanol–water partition coefficient (Wildman–Crippen LogP) is 2.05. The van der Waals surface area contributed by atoms with Gasteiger partial charge in [-0.15, -0.1) is 11.3 Å². The molecule has 3 heterocycles. The Kier molecular flexibility index (Phi) is 4.89. The molecule has 3 aromatic rings. The van der Waals surface area contributed by atoms with Gasteiger partial charge in [0.05, 0.1) is 28.3 Å². The summed E-state index contributed by atoms with van der Waals surface area (Å²) in [5.41, 5.74) is 6.23. The van der Waals surface area contributed by atoms with Gasteiger partial charge >= 0.3 is 0 Å². The summed E-state index contributed by atoms with van der Waals surface area (Å²) in [5, 5.41) is 0.277. The number of ether oxygens (including phenoxy) is 1. The van der Waals surface area contributed by atoms with E-state index in [0.29, 0.717) is 27.4 Å². The van der Waals surface area contributed by atoms with Gasteiger partial charge in [0.15, 0.2) is 11.9 Å². The smallest absolute Gasteiger partial charge is 0.267 e. The lowest BCUT2D eigenvalue weighted by molar-refractivity contribution is -0.125. The van der Waals surface area contributed by atoms with E-state index in [0.717, 1.165) is 11.3 Å². The molecular formula is C21H20N4O5S. The summed E-state index contributed by atoms with van der Waals surface area (Å²) in [6.45, 7) is 4.89. The summed E-state index contributed by atoms with van der Waals surface area (Å²) in [7, 11) is 1.62. The number of aryl methyl sites for hydroxylation is 1. The second-order valence-electron chi connectivity index (χ2n) is 7.44. The average Bonchev–Trinajstić information content (AvgIpc) is 3.09. The number of carbonyl (C=O) groups is 3. The maximum absolute atomic E-state index is 13.2. The van der Waals surface area contributed by atoms with Crippen molar-refractivity contribution in [2.24, 2.45) is 5.73 Å². The zero-order valence-electron chi connectivity index (χ0n) is 17.3. The maximum atomic E-state index is 13.2. The summed E-state index contributed by atoms with van der Waals surface area (Å²) >= 11 is 1.05. The van der Waals surface area contributed by atoms with Crippen molar-refractivity contribution in [1.29, 1.82) is 0 Å². The minimum atomic E-state index is -0.858. The van der Waals surface area contributed by atoms with Gasteiger partial charge in [0, 0.05) is 12.6 Å². The van der Waals surface area contributed by atoms with E-state index in [1.54, 1.807) is 46.0 Å². The number of Topliss-reactive ketones (excluding diaryl/α,β-unsaturated/α-hetero) is 1. The Hall–Kier alpha value is -3.53. The van der Waals surface area contributed by atoms with Crippen molar-refractivity contribution in [2.75, 3.05) is 11.9 Å². The molecule has 0 saturated heterocycles. The molecule has 0 bridgehead atoms. The van der Waals surface area contributed by atoms with Crippen LogP contribution >= 0.6 is 11.3 Å². The normalized spacial score (nSPS) is 16.7. The first-order chi connectivity index (χ1) is 14.6. The number of ketones is 1. The van der Waals surface area contributed by atoms with E-state index in [2.05, 4.69) is 4.98 Å². The minimum absolute atomic E-state index is 0.214. The second kappa shape index (κ2) is 7.31. The van der Waals surface area contributed by atoms with Crippen LogP contribution in [-0.2, 0) is 4.79 Å². The molecule has 2 N–H and O–H groups in total. The van der Waals surface area contributed by atoms with Crippen LogP contribution in [0.25, 0.3) is 10.2 Å². The van der Waals surface area contributed by atoms with E-state index in [-0.39, 0.29) is 22.0 Å². The molecule has 0 radical (unpaired) electrons. The van der Waals surface area contributed by atoms with E-state index in [9.17, 15) is 19.2 Å². The summed E-state index contributed by atoms with van der Waals surface area (Å²) in [5.74, 6) is -0.658. The maximum Gasteiger partial charge on any atom is 0.267 e. The van der Waals surface area contributed by atoms with Crippen LogP contribution in [0.15, 0.2) is 29.3 Å². The number of hydrogen-bond acceptors (Lipinski definition) is 7. The fourth-order valence-corrected chi connectivity index (χ4v) is 4.67. The minimum Gasteiger partial charge on any atom is -0.479 e. The highest BCUT2D eigenvalue weighted by molar-refractivity contribution is 7.20. The molecule has 1 aliphatic rings. The number of nitrogens with two attached hydrogens (primary N) is 1. The molecule has 1 aromatic carbocycles. The number of anilines is 1. The summed E-state index contributed by atoms with van der Waals surface area (Å²) in [4.78, 5) is 56.4. The van der Waals surface area contributed by atoms with Crippen molar-refractivity contribution in [3.05, 3.63) is 50.9 Å². The van der Waals surface area contributed by atoms with Gasteiger partial charge in [0.1, 0.15) is 10.6 Å². The van der Waals surface area contributed by atoms with Crippen LogP contribution in [0.5, 0.6) is 5.75 Å². The average molecular weight is 440 g/mol. The number of fused-ring (bicyclic) bond motifs is 2. The third-order valence-electron chi connectivity index (χ3n) is 5.48. The van der Waals surface area contributed by atoms with Gasteiger partial charge in [0.2, 0.25) is 0 Å². The Morgan fingerprint density at radius 1 is 1.29 bits per heavy atom. The molecular weight excluding hydrogens is 420 g/mol. The predicted molar refractivity (Wildman–Crippen MR) is 116 cm³/mol. The Labute approximate surface area is 181 Å².